The molecule has 2 aliphatic carbocycles. The summed E-state index contributed by atoms with van der Waals surface area (Å²) in [6.07, 6.45) is 16.1. The lowest BCUT2D eigenvalue weighted by Gasteiger charge is -2.25. The topological polar surface area (TPSA) is 92.2 Å². The molecule has 2 heterocycles. The number of aromatic nitrogens is 2. The zero-order valence-corrected chi connectivity index (χ0v) is 15.5. The minimum Gasteiger partial charge on any atom is -0.297 e. The molecule has 1 fully saturated rings. The maximum atomic E-state index is 12.9. The van der Waals surface area contributed by atoms with E-state index in [4.69, 9.17) is 0 Å². The SMILES string of the molecule is Cc1cn(C/C=C\CN2C3C=CC=C4C=CC=C(C43)S2(=O)=O)c(=O)[nH]c1=O. The molecular formula is C19H19N3O4S. The van der Waals surface area contributed by atoms with Gasteiger partial charge < -0.3 is 0 Å². The number of allylic oxidation sites excluding steroid dienone is 6. The molecule has 7 nitrogen and oxygen atoms in total. The van der Waals surface area contributed by atoms with Crippen molar-refractivity contribution in [2.45, 2.75) is 19.5 Å². The predicted molar refractivity (Wildman–Crippen MR) is 103 cm³/mol. The van der Waals surface area contributed by atoms with Crippen LogP contribution >= 0.6 is 0 Å². The summed E-state index contributed by atoms with van der Waals surface area (Å²) in [7, 11) is -3.52. The molecule has 1 N–H and O–H groups in total. The van der Waals surface area contributed by atoms with Gasteiger partial charge in [-0.25, -0.2) is 13.2 Å². The van der Waals surface area contributed by atoms with Crippen LogP contribution in [0.3, 0.4) is 0 Å². The Morgan fingerprint density at radius 1 is 1.15 bits per heavy atom. The van der Waals surface area contributed by atoms with Crippen LogP contribution in [-0.4, -0.2) is 34.9 Å². The highest BCUT2D eigenvalue weighted by molar-refractivity contribution is 7.93. The summed E-state index contributed by atoms with van der Waals surface area (Å²) < 4.78 is 28.7. The molecule has 27 heavy (non-hydrogen) atoms. The number of nitrogens with one attached hydrogen (secondary N) is 1. The van der Waals surface area contributed by atoms with E-state index >= 15 is 0 Å². The Bertz CT molecular complexity index is 1160. The Hall–Kier alpha value is -2.71. The van der Waals surface area contributed by atoms with Crippen molar-refractivity contribution in [3.8, 4) is 0 Å². The van der Waals surface area contributed by atoms with E-state index in [1.54, 1.807) is 31.2 Å². The smallest absolute Gasteiger partial charge is 0.297 e. The monoisotopic (exact) mass is 385 g/mol. The molecule has 140 valence electrons. The second kappa shape index (κ2) is 6.47. The molecule has 4 rings (SSSR count). The molecule has 8 heteroatoms. The Kier molecular flexibility index (Phi) is 4.24. The van der Waals surface area contributed by atoms with Crippen LogP contribution in [0.1, 0.15) is 5.56 Å². The minimum absolute atomic E-state index is 0.150. The highest BCUT2D eigenvalue weighted by atomic mass is 32.2. The number of rotatable bonds is 4. The number of sulfonamides is 1. The van der Waals surface area contributed by atoms with Gasteiger partial charge in [-0.2, -0.15) is 4.31 Å². The van der Waals surface area contributed by atoms with Gasteiger partial charge in [0.05, 0.1) is 10.9 Å². The van der Waals surface area contributed by atoms with E-state index in [9.17, 15) is 18.0 Å². The van der Waals surface area contributed by atoms with Crippen LogP contribution in [0.2, 0.25) is 0 Å². The number of nitrogens with zero attached hydrogens (tertiary/aromatic N) is 2. The lowest BCUT2D eigenvalue weighted by atomic mass is 9.84. The van der Waals surface area contributed by atoms with E-state index in [-0.39, 0.29) is 25.0 Å². The first-order valence-electron chi connectivity index (χ1n) is 8.63. The van der Waals surface area contributed by atoms with Crippen LogP contribution in [0, 0.1) is 12.8 Å². The quantitative estimate of drug-likeness (QED) is 0.782. The van der Waals surface area contributed by atoms with Crippen LogP contribution < -0.4 is 11.2 Å². The van der Waals surface area contributed by atoms with Gasteiger partial charge in [0.1, 0.15) is 0 Å². The highest BCUT2D eigenvalue weighted by Crippen LogP contribution is 2.45. The van der Waals surface area contributed by atoms with Gasteiger partial charge in [0.25, 0.3) is 5.56 Å². The van der Waals surface area contributed by atoms with Gasteiger partial charge in [-0.15, -0.1) is 0 Å². The van der Waals surface area contributed by atoms with E-state index in [1.807, 2.05) is 24.3 Å². The predicted octanol–water partition coefficient (Wildman–Crippen LogP) is 0.981. The van der Waals surface area contributed by atoms with E-state index in [0.717, 1.165) is 5.57 Å². The highest BCUT2D eigenvalue weighted by Gasteiger charge is 2.49. The Morgan fingerprint density at radius 2 is 1.93 bits per heavy atom. The Morgan fingerprint density at radius 3 is 2.74 bits per heavy atom. The third-order valence-corrected chi connectivity index (χ3v) is 7.03. The molecule has 1 aliphatic heterocycles. The first-order chi connectivity index (χ1) is 12.9. The van der Waals surface area contributed by atoms with Gasteiger partial charge in [0.2, 0.25) is 10.0 Å². The number of hydrogen-bond acceptors (Lipinski definition) is 4. The van der Waals surface area contributed by atoms with Crippen LogP contribution in [0.4, 0.5) is 0 Å². The fourth-order valence-electron chi connectivity index (χ4n) is 3.69. The molecular weight excluding hydrogens is 366 g/mol. The van der Waals surface area contributed by atoms with E-state index in [0.29, 0.717) is 10.5 Å². The van der Waals surface area contributed by atoms with E-state index in [2.05, 4.69) is 4.98 Å². The average Bonchev–Trinajstić information content (AvgIpc) is 2.86. The lowest BCUT2D eigenvalue weighted by molar-refractivity contribution is 0.384. The van der Waals surface area contributed by atoms with Crippen LogP contribution in [-0.2, 0) is 16.6 Å². The molecule has 1 aromatic rings. The van der Waals surface area contributed by atoms with Crippen molar-refractivity contribution < 1.29 is 8.42 Å². The molecule has 0 saturated carbocycles. The molecule has 0 aromatic carbocycles. The summed E-state index contributed by atoms with van der Waals surface area (Å²) in [5, 5.41) is 0. The Balaban J connectivity index is 1.54. The number of aryl methyl sites for hydroxylation is 1. The molecule has 3 aliphatic rings. The average molecular weight is 385 g/mol. The lowest BCUT2D eigenvalue weighted by Crippen LogP contribution is -2.35. The zero-order valence-electron chi connectivity index (χ0n) is 14.7. The first-order valence-corrected chi connectivity index (χ1v) is 10.1. The minimum atomic E-state index is -3.52. The van der Waals surface area contributed by atoms with Crippen molar-refractivity contribution >= 4 is 10.0 Å². The van der Waals surface area contributed by atoms with Gasteiger partial charge in [-0.1, -0.05) is 42.5 Å². The van der Waals surface area contributed by atoms with Crippen molar-refractivity contribution in [3.63, 3.8) is 0 Å². The molecule has 0 radical (unpaired) electrons. The zero-order chi connectivity index (χ0) is 19.2. The third-order valence-electron chi connectivity index (χ3n) is 5.04. The van der Waals surface area contributed by atoms with Gasteiger partial charge in [-0.05, 0) is 18.6 Å². The van der Waals surface area contributed by atoms with Crippen molar-refractivity contribution in [2.75, 3.05) is 6.54 Å². The Labute approximate surface area is 156 Å². The molecule has 0 amide bonds. The molecule has 2 unspecified atom stereocenters. The molecule has 2 atom stereocenters. The van der Waals surface area contributed by atoms with Crippen molar-refractivity contribution in [2.24, 2.45) is 5.92 Å². The molecule has 0 bridgehead atoms. The van der Waals surface area contributed by atoms with Crippen molar-refractivity contribution in [1.29, 1.82) is 0 Å². The first kappa shape index (κ1) is 17.7. The van der Waals surface area contributed by atoms with Gasteiger partial charge in [0.15, 0.2) is 0 Å². The number of hydrogen-bond donors (Lipinski definition) is 1. The van der Waals surface area contributed by atoms with Crippen molar-refractivity contribution in [3.05, 3.63) is 91.7 Å². The van der Waals surface area contributed by atoms with Crippen LogP contribution in [0.15, 0.2) is 74.9 Å². The van der Waals surface area contributed by atoms with Crippen LogP contribution in [0.5, 0.6) is 0 Å². The molecule has 1 saturated heterocycles. The molecule has 1 aromatic heterocycles. The third kappa shape index (κ3) is 2.90. The van der Waals surface area contributed by atoms with Gasteiger partial charge >= 0.3 is 5.69 Å². The normalized spacial score (nSPS) is 25.5. The van der Waals surface area contributed by atoms with Crippen molar-refractivity contribution in [1.82, 2.24) is 13.9 Å². The van der Waals surface area contributed by atoms with Gasteiger partial charge in [0, 0.05) is 30.8 Å². The fourth-order valence-corrected chi connectivity index (χ4v) is 5.60. The fraction of sp³-hybridized carbons (Fsp3) is 0.263. The summed E-state index contributed by atoms with van der Waals surface area (Å²) in [5.41, 5.74) is 0.558. The summed E-state index contributed by atoms with van der Waals surface area (Å²) in [5.74, 6) is -0.150. The summed E-state index contributed by atoms with van der Waals surface area (Å²) >= 11 is 0. The second-order valence-corrected chi connectivity index (χ2v) is 8.61. The molecule has 0 spiro atoms. The second-order valence-electron chi connectivity index (χ2n) is 6.72. The van der Waals surface area contributed by atoms with Gasteiger partial charge in [-0.3, -0.25) is 14.3 Å². The number of H-pyrrole nitrogens is 1. The standard InChI is InChI=1S/C19H19N3O4S/c1-13-12-21(19(24)20-18(13)23)10-2-3-11-22-15-8-4-6-14-7-5-9-16(17(14)15)27(22,25)26/h2-9,12,15,17H,10-11H2,1H3,(H,20,23,24)/b3-2-. The maximum absolute atomic E-state index is 12.9. The summed E-state index contributed by atoms with van der Waals surface area (Å²) in [4.78, 5) is 25.9. The van der Waals surface area contributed by atoms with E-state index in [1.165, 1.54) is 15.1 Å². The summed E-state index contributed by atoms with van der Waals surface area (Å²) in [6.45, 7) is 2.10. The van der Waals surface area contributed by atoms with E-state index < -0.39 is 21.3 Å². The maximum Gasteiger partial charge on any atom is 0.328 e. The number of aromatic amines is 1. The van der Waals surface area contributed by atoms with Crippen LogP contribution in [0.25, 0.3) is 0 Å². The largest absolute Gasteiger partial charge is 0.328 e. The summed E-state index contributed by atoms with van der Waals surface area (Å²) in [6, 6.07) is -0.228.